The van der Waals surface area contributed by atoms with Crippen molar-refractivity contribution in [3.63, 3.8) is 0 Å². The minimum atomic E-state index is 0.100. The molecule has 0 unspecified atom stereocenters. The third kappa shape index (κ3) is 2.90. The Morgan fingerprint density at radius 3 is 2.71 bits per heavy atom. The van der Waals surface area contributed by atoms with Gasteiger partial charge < -0.3 is 5.11 Å². The molecule has 2 aliphatic rings. The van der Waals surface area contributed by atoms with E-state index in [1.807, 2.05) is 6.08 Å². The van der Waals surface area contributed by atoms with Crippen molar-refractivity contribution in [2.45, 2.75) is 59.3 Å². The van der Waals surface area contributed by atoms with Gasteiger partial charge in [0.15, 0.2) is 0 Å². The maximum Gasteiger partial charge on any atom is 0.0487 e. The second kappa shape index (κ2) is 6.12. The van der Waals surface area contributed by atoms with Gasteiger partial charge in [-0.05, 0) is 61.7 Å². The zero-order chi connectivity index (χ0) is 15.7. The second-order valence-corrected chi connectivity index (χ2v) is 7.86. The van der Waals surface area contributed by atoms with Crippen molar-refractivity contribution in [1.29, 1.82) is 0 Å². The van der Waals surface area contributed by atoms with E-state index < -0.39 is 0 Å². The van der Waals surface area contributed by atoms with Crippen LogP contribution >= 0.6 is 0 Å². The van der Waals surface area contributed by atoms with Crippen LogP contribution in [0, 0.1) is 22.7 Å². The van der Waals surface area contributed by atoms with Crippen LogP contribution in [0.4, 0.5) is 0 Å². The smallest absolute Gasteiger partial charge is 0.0487 e. The quantitative estimate of drug-likeness (QED) is 0.551. The van der Waals surface area contributed by atoms with E-state index in [2.05, 4.69) is 40.0 Å². The van der Waals surface area contributed by atoms with Gasteiger partial charge in [0, 0.05) is 6.61 Å². The molecule has 1 N–H and O–H groups in total. The molecule has 0 aliphatic heterocycles. The Bertz CT molecular complexity index is 447. The van der Waals surface area contributed by atoms with E-state index in [9.17, 15) is 5.11 Å². The molecule has 0 spiro atoms. The molecule has 0 aromatic carbocycles. The lowest BCUT2D eigenvalue weighted by Gasteiger charge is -2.58. The lowest BCUT2D eigenvalue weighted by molar-refractivity contribution is -0.0837. The third-order valence-electron chi connectivity index (χ3n) is 6.50. The number of fused-ring (bicyclic) bond motifs is 1. The molecule has 21 heavy (non-hydrogen) atoms. The maximum absolute atomic E-state index is 9.96. The molecule has 0 aromatic heterocycles. The van der Waals surface area contributed by atoms with Crippen LogP contribution in [0.2, 0.25) is 0 Å². The lowest BCUT2D eigenvalue weighted by atomic mass is 9.47. The SMILES string of the molecule is C=C/C(C)=C/C[C@H]1C(=C)CC[C@H]2[C@@](C)(CO)CCC[C@]12C. The summed E-state index contributed by atoms with van der Waals surface area (Å²) in [5.41, 5.74) is 3.07. The summed E-state index contributed by atoms with van der Waals surface area (Å²) in [6.45, 7) is 15.4. The van der Waals surface area contributed by atoms with Crippen molar-refractivity contribution in [2.24, 2.45) is 22.7 Å². The summed E-state index contributed by atoms with van der Waals surface area (Å²) in [5.74, 6) is 1.18. The van der Waals surface area contributed by atoms with Gasteiger partial charge in [0.25, 0.3) is 0 Å². The molecule has 0 heterocycles. The standard InChI is InChI=1S/C20H32O/c1-6-15(2)8-10-17-16(3)9-11-18-19(4,14-21)12-7-13-20(17,18)5/h6,8,17-18,21H,1,3,7,9-14H2,2,4-5H3/b15-8+/t17-,18-,19+,20+/m0/s1. The second-order valence-electron chi connectivity index (χ2n) is 7.86. The van der Waals surface area contributed by atoms with E-state index in [1.54, 1.807) is 0 Å². The molecule has 1 nitrogen and oxygen atoms in total. The van der Waals surface area contributed by atoms with Gasteiger partial charge in [-0.25, -0.2) is 0 Å². The maximum atomic E-state index is 9.96. The van der Waals surface area contributed by atoms with Crippen molar-refractivity contribution in [3.05, 3.63) is 36.5 Å². The van der Waals surface area contributed by atoms with Crippen LogP contribution < -0.4 is 0 Å². The average Bonchev–Trinajstić information content (AvgIpc) is 2.45. The minimum absolute atomic E-state index is 0.100. The first-order chi connectivity index (χ1) is 9.87. The van der Waals surface area contributed by atoms with Crippen molar-refractivity contribution in [2.75, 3.05) is 6.61 Å². The van der Waals surface area contributed by atoms with E-state index in [-0.39, 0.29) is 5.41 Å². The molecular weight excluding hydrogens is 256 g/mol. The fourth-order valence-electron chi connectivity index (χ4n) is 5.10. The van der Waals surface area contributed by atoms with Crippen molar-refractivity contribution in [1.82, 2.24) is 0 Å². The molecule has 1 heteroatoms. The molecule has 0 aromatic rings. The van der Waals surface area contributed by atoms with Crippen LogP contribution in [-0.4, -0.2) is 11.7 Å². The monoisotopic (exact) mass is 288 g/mol. The van der Waals surface area contributed by atoms with Gasteiger partial charge in [0.1, 0.15) is 0 Å². The largest absolute Gasteiger partial charge is 0.396 e. The highest BCUT2D eigenvalue weighted by molar-refractivity contribution is 5.20. The van der Waals surface area contributed by atoms with E-state index in [0.717, 1.165) is 12.8 Å². The van der Waals surface area contributed by atoms with Crippen LogP contribution in [0.1, 0.15) is 59.3 Å². The number of aliphatic hydroxyl groups excluding tert-OH is 1. The summed E-state index contributed by atoms with van der Waals surface area (Å²) in [6.07, 6.45) is 11.3. The first kappa shape index (κ1) is 16.5. The van der Waals surface area contributed by atoms with Gasteiger partial charge in [-0.1, -0.05) is 56.7 Å². The zero-order valence-corrected chi connectivity index (χ0v) is 14.1. The minimum Gasteiger partial charge on any atom is -0.396 e. The van der Waals surface area contributed by atoms with Crippen LogP contribution in [0.25, 0.3) is 0 Å². The van der Waals surface area contributed by atoms with Gasteiger partial charge in [0.05, 0.1) is 0 Å². The molecule has 2 saturated carbocycles. The number of allylic oxidation sites excluding steroid dienone is 4. The van der Waals surface area contributed by atoms with E-state index in [4.69, 9.17) is 0 Å². The van der Waals surface area contributed by atoms with Crippen molar-refractivity contribution >= 4 is 0 Å². The first-order valence-corrected chi connectivity index (χ1v) is 8.45. The summed E-state index contributed by atoms with van der Waals surface area (Å²) >= 11 is 0. The Labute approximate surface area is 130 Å². The Kier molecular flexibility index (Phi) is 4.82. The van der Waals surface area contributed by atoms with Gasteiger partial charge in [-0.3, -0.25) is 0 Å². The first-order valence-electron chi connectivity index (χ1n) is 8.45. The molecule has 2 fully saturated rings. The molecule has 4 atom stereocenters. The topological polar surface area (TPSA) is 20.2 Å². The number of hydrogen-bond donors (Lipinski definition) is 1. The Morgan fingerprint density at radius 2 is 2.10 bits per heavy atom. The molecule has 2 aliphatic carbocycles. The van der Waals surface area contributed by atoms with Gasteiger partial charge >= 0.3 is 0 Å². The predicted octanol–water partition coefficient (Wildman–Crippen LogP) is 5.28. The fourth-order valence-corrected chi connectivity index (χ4v) is 5.10. The van der Waals surface area contributed by atoms with Crippen molar-refractivity contribution < 1.29 is 5.11 Å². The van der Waals surface area contributed by atoms with E-state index in [0.29, 0.717) is 23.9 Å². The summed E-state index contributed by atoms with van der Waals surface area (Å²) in [4.78, 5) is 0. The number of aliphatic hydroxyl groups is 1. The predicted molar refractivity (Wildman–Crippen MR) is 91.1 cm³/mol. The number of rotatable bonds is 4. The lowest BCUT2D eigenvalue weighted by Crippen LogP contribution is -2.51. The molecule has 0 amide bonds. The summed E-state index contributed by atoms with van der Waals surface area (Å²) in [5, 5.41) is 9.96. The fraction of sp³-hybridized carbons (Fsp3) is 0.700. The summed E-state index contributed by atoms with van der Waals surface area (Å²) < 4.78 is 0. The molecule has 2 rings (SSSR count). The Balaban J connectivity index is 2.31. The molecule has 118 valence electrons. The Morgan fingerprint density at radius 1 is 1.38 bits per heavy atom. The van der Waals surface area contributed by atoms with Crippen LogP contribution in [-0.2, 0) is 0 Å². The van der Waals surface area contributed by atoms with Gasteiger partial charge in [0.2, 0.25) is 0 Å². The van der Waals surface area contributed by atoms with E-state index >= 15 is 0 Å². The highest BCUT2D eigenvalue weighted by Gasteiger charge is 2.53. The average molecular weight is 288 g/mol. The molecule has 0 bridgehead atoms. The molecule has 0 saturated heterocycles. The van der Waals surface area contributed by atoms with Gasteiger partial charge in [-0.15, -0.1) is 0 Å². The summed E-state index contributed by atoms with van der Waals surface area (Å²) in [7, 11) is 0. The van der Waals surface area contributed by atoms with Crippen LogP contribution in [0.15, 0.2) is 36.5 Å². The van der Waals surface area contributed by atoms with Gasteiger partial charge in [-0.2, -0.15) is 0 Å². The number of hydrogen-bond acceptors (Lipinski definition) is 1. The van der Waals surface area contributed by atoms with E-state index in [1.165, 1.54) is 36.8 Å². The summed E-state index contributed by atoms with van der Waals surface area (Å²) in [6, 6.07) is 0. The van der Waals surface area contributed by atoms with Crippen LogP contribution in [0.5, 0.6) is 0 Å². The zero-order valence-electron chi connectivity index (χ0n) is 14.1. The van der Waals surface area contributed by atoms with Crippen molar-refractivity contribution in [3.8, 4) is 0 Å². The molecule has 0 radical (unpaired) electrons. The highest BCUT2D eigenvalue weighted by atomic mass is 16.3. The normalized spacial score (nSPS) is 40.8. The van der Waals surface area contributed by atoms with Crippen LogP contribution in [0.3, 0.4) is 0 Å². The highest BCUT2D eigenvalue weighted by Crippen LogP contribution is 2.61. The molecular formula is C20H32O. The Hall–Kier alpha value is -0.820. The third-order valence-corrected chi connectivity index (χ3v) is 6.50.